The van der Waals surface area contributed by atoms with Crippen LogP contribution in [0.5, 0.6) is 0 Å². The molecule has 2 rings (SSSR count). The number of sulfonamides is 1. The molecule has 1 heterocycles. The fourth-order valence-corrected chi connectivity index (χ4v) is 4.05. The molecule has 1 aliphatic rings. The van der Waals surface area contributed by atoms with Gasteiger partial charge in [0.1, 0.15) is 4.90 Å². The number of hydrogen-bond donors (Lipinski definition) is 1. The van der Waals surface area contributed by atoms with Gasteiger partial charge in [0, 0.05) is 19.6 Å². The molecule has 0 spiro atoms. The Balaban J connectivity index is 2.37. The average molecular weight is 289 g/mol. The smallest absolute Gasteiger partial charge is 0.244 e. The van der Waals surface area contributed by atoms with Crippen molar-refractivity contribution in [3.8, 4) is 0 Å². The summed E-state index contributed by atoms with van der Waals surface area (Å²) in [6, 6.07) is 5.08. The Hall–Kier alpha value is -0.620. The molecule has 0 radical (unpaired) electrons. The second-order valence-electron chi connectivity index (χ2n) is 4.44. The van der Waals surface area contributed by atoms with E-state index in [9.17, 15) is 8.42 Å². The van der Waals surface area contributed by atoms with E-state index in [4.69, 9.17) is 11.6 Å². The third-order valence-electron chi connectivity index (χ3n) is 3.00. The molecule has 0 amide bonds. The van der Waals surface area contributed by atoms with Crippen LogP contribution < -0.4 is 5.32 Å². The van der Waals surface area contributed by atoms with Gasteiger partial charge < -0.3 is 5.32 Å². The van der Waals surface area contributed by atoms with Crippen LogP contribution in [0.1, 0.15) is 12.0 Å². The van der Waals surface area contributed by atoms with Crippen molar-refractivity contribution in [1.82, 2.24) is 9.62 Å². The molecule has 100 valence electrons. The molecule has 4 nitrogen and oxygen atoms in total. The molecule has 1 fully saturated rings. The van der Waals surface area contributed by atoms with E-state index in [2.05, 4.69) is 5.32 Å². The second-order valence-corrected chi connectivity index (χ2v) is 6.76. The van der Waals surface area contributed by atoms with Gasteiger partial charge in [-0.2, -0.15) is 4.31 Å². The molecule has 1 N–H and O–H groups in total. The minimum atomic E-state index is -3.48. The molecule has 1 saturated heterocycles. The van der Waals surface area contributed by atoms with Gasteiger partial charge in [0.05, 0.1) is 5.02 Å². The number of aryl methyl sites for hydroxylation is 1. The second kappa shape index (κ2) is 5.57. The number of nitrogens with one attached hydrogen (secondary N) is 1. The summed E-state index contributed by atoms with van der Waals surface area (Å²) < 4.78 is 26.6. The predicted molar refractivity (Wildman–Crippen MR) is 72.4 cm³/mol. The molecule has 1 aromatic carbocycles. The van der Waals surface area contributed by atoms with E-state index in [-0.39, 0.29) is 9.92 Å². The minimum Gasteiger partial charge on any atom is -0.315 e. The van der Waals surface area contributed by atoms with Crippen LogP contribution in [0.3, 0.4) is 0 Å². The fraction of sp³-hybridized carbons (Fsp3) is 0.500. The first-order valence-corrected chi connectivity index (χ1v) is 7.80. The number of halogens is 1. The zero-order valence-corrected chi connectivity index (χ0v) is 11.9. The predicted octanol–water partition coefficient (Wildman–Crippen LogP) is 1.63. The zero-order valence-electron chi connectivity index (χ0n) is 10.3. The highest BCUT2D eigenvalue weighted by Gasteiger charge is 2.27. The molecule has 0 atom stereocenters. The maximum Gasteiger partial charge on any atom is 0.244 e. The number of hydrogen-bond acceptors (Lipinski definition) is 3. The molecule has 1 aromatic rings. The van der Waals surface area contributed by atoms with Crippen molar-refractivity contribution in [3.63, 3.8) is 0 Å². The van der Waals surface area contributed by atoms with Crippen LogP contribution in [-0.4, -0.2) is 38.9 Å². The Kier molecular flexibility index (Phi) is 4.27. The molecular weight excluding hydrogens is 272 g/mol. The zero-order chi connectivity index (χ0) is 13.2. The highest BCUT2D eigenvalue weighted by molar-refractivity contribution is 7.89. The molecule has 0 bridgehead atoms. The summed E-state index contributed by atoms with van der Waals surface area (Å²) in [5.41, 5.74) is 0.894. The average Bonchev–Trinajstić information content (AvgIpc) is 2.61. The van der Waals surface area contributed by atoms with Gasteiger partial charge in [0.2, 0.25) is 10.0 Å². The van der Waals surface area contributed by atoms with Crippen molar-refractivity contribution >= 4 is 21.6 Å². The SMILES string of the molecule is Cc1ccc(Cl)c(S(=O)(=O)N2CCCNCC2)c1. The van der Waals surface area contributed by atoms with Crippen molar-refractivity contribution in [2.75, 3.05) is 26.2 Å². The van der Waals surface area contributed by atoms with Crippen LogP contribution in [0.25, 0.3) is 0 Å². The van der Waals surface area contributed by atoms with E-state index in [1.165, 1.54) is 4.31 Å². The molecule has 0 aromatic heterocycles. The Bertz CT molecular complexity index is 523. The van der Waals surface area contributed by atoms with Gasteiger partial charge in [-0.15, -0.1) is 0 Å². The lowest BCUT2D eigenvalue weighted by atomic mass is 10.2. The maximum atomic E-state index is 12.5. The summed E-state index contributed by atoms with van der Waals surface area (Å²) in [7, 11) is -3.48. The van der Waals surface area contributed by atoms with Gasteiger partial charge in [0.15, 0.2) is 0 Å². The van der Waals surface area contributed by atoms with Crippen molar-refractivity contribution in [2.24, 2.45) is 0 Å². The van der Waals surface area contributed by atoms with Crippen LogP contribution in [0.2, 0.25) is 5.02 Å². The number of benzene rings is 1. The van der Waals surface area contributed by atoms with Gasteiger partial charge in [-0.3, -0.25) is 0 Å². The van der Waals surface area contributed by atoms with Crippen molar-refractivity contribution in [1.29, 1.82) is 0 Å². The fourth-order valence-electron chi connectivity index (χ4n) is 2.01. The van der Waals surface area contributed by atoms with Crippen LogP contribution in [0.4, 0.5) is 0 Å². The van der Waals surface area contributed by atoms with E-state index in [1.807, 2.05) is 13.0 Å². The first-order valence-electron chi connectivity index (χ1n) is 5.99. The maximum absolute atomic E-state index is 12.5. The van der Waals surface area contributed by atoms with Gasteiger partial charge in [-0.25, -0.2) is 8.42 Å². The Morgan fingerprint density at radius 1 is 1.28 bits per heavy atom. The molecule has 0 unspecified atom stereocenters. The molecule has 0 aliphatic carbocycles. The van der Waals surface area contributed by atoms with Crippen molar-refractivity contribution in [2.45, 2.75) is 18.2 Å². The molecule has 6 heteroatoms. The Labute approximate surface area is 113 Å². The van der Waals surface area contributed by atoms with E-state index in [0.717, 1.165) is 18.5 Å². The van der Waals surface area contributed by atoms with Gasteiger partial charge >= 0.3 is 0 Å². The molecular formula is C12H17ClN2O2S. The van der Waals surface area contributed by atoms with Crippen LogP contribution in [0, 0.1) is 6.92 Å². The number of nitrogens with zero attached hydrogens (tertiary/aromatic N) is 1. The molecule has 1 aliphatic heterocycles. The van der Waals surface area contributed by atoms with Crippen LogP contribution in [0.15, 0.2) is 23.1 Å². The van der Waals surface area contributed by atoms with E-state index < -0.39 is 10.0 Å². The first-order chi connectivity index (χ1) is 8.51. The summed E-state index contributed by atoms with van der Waals surface area (Å²) in [4.78, 5) is 0.214. The van der Waals surface area contributed by atoms with Gasteiger partial charge in [0.25, 0.3) is 0 Å². The summed E-state index contributed by atoms with van der Waals surface area (Å²) in [6.45, 7) is 4.43. The van der Waals surface area contributed by atoms with E-state index >= 15 is 0 Å². The topological polar surface area (TPSA) is 49.4 Å². The summed E-state index contributed by atoms with van der Waals surface area (Å²) in [5, 5.41) is 3.48. The normalized spacial score (nSPS) is 18.6. The Morgan fingerprint density at radius 3 is 2.83 bits per heavy atom. The lowest BCUT2D eigenvalue weighted by molar-refractivity contribution is 0.432. The minimum absolute atomic E-state index is 0.214. The molecule has 18 heavy (non-hydrogen) atoms. The lowest BCUT2D eigenvalue weighted by Gasteiger charge is -2.20. The third-order valence-corrected chi connectivity index (χ3v) is 5.38. The number of rotatable bonds is 2. The van der Waals surface area contributed by atoms with E-state index in [1.54, 1.807) is 12.1 Å². The van der Waals surface area contributed by atoms with Gasteiger partial charge in [-0.05, 0) is 37.6 Å². The Morgan fingerprint density at radius 2 is 2.06 bits per heavy atom. The lowest BCUT2D eigenvalue weighted by Crippen LogP contribution is -2.34. The van der Waals surface area contributed by atoms with E-state index in [0.29, 0.717) is 19.6 Å². The summed E-state index contributed by atoms with van der Waals surface area (Å²) in [6.07, 6.45) is 0.822. The summed E-state index contributed by atoms with van der Waals surface area (Å²) >= 11 is 6.02. The highest BCUT2D eigenvalue weighted by Crippen LogP contribution is 2.25. The highest BCUT2D eigenvalue weighted by atomic mass is 35.5. The first kappa shape index (κ1) is 13.8. The van der Waals surface area contributed by atoms with Crippen molar-refractivity contribution < 1.29 is 8.42 Å². The standard InChI is InChI=1S/C12H17ClN2O2S/c1-10-3-4-11(13)12(9-10)18(16,17)15-7-2-5-14-6-8-15/h3-4,9,14H,2,5-8H2,1H3. The van der Waals surface area contributed by atoms with Crippen LogP contribution >= 0.6 is 11.6 Å². The molecule has 0 saturated carbocycles. The quantitative estimate of drug-likeness (QED) is 0.900. The monoisotopic (exact) mass is 288 g/mol. The van der Waals surface area contributed by atoms with Crippen LogP contribution in [-0.2, 0) is 10.0 Å². The van der Waals surface area contributed by atoms with Crippen molar-refractivity contribution in [3.05, 3.63) is 28.8 Å². The third kappa shape index (κ3) is 2.85. The van der Waals surface area contributed by atoms with Gasteiger partial charge in [-0.1, -0.05) is 17.7 Å². The summed E-state index contributed by atoms with van der Waals surface area (Å²) in [5.74, 6) is 0. The largest absolute Gasteiger partial charge is 0.315 e.